The number of H-pyrrole nitrogens is 1. The average molecular weight is 742 g/mol. The minimum atomic E-state index is -0.483. The van der Waals surface area contributed by atoms with Gasteiger partial charge in [-0.25, -0.2) is 13.8 Å². The Morgan fingerprint density at radius 2 is 1.81 bits per heavy atom. The monoisotopic (exact) mass is 741 g/mol. The Kier molecular flexibility index (Phi) is 10.4. The summed E-state index contributed by atoms with van der Waals surface area (Å²) in [5.41, 5.74) is 3.84. The highest BCUT2D eigenvalue weighted by Gasteiger charge is 2.30. The van der Waals surface area contributed by atoms with Gasteiger partial charge in [0.25, 0.3) is 5.91 Å². The van der Waals surface area contributed by atoms with Crippen molar-refractivity contribution in [3.05, 3.63) is 77.4 Å². The lowest BCUT2D eigenvalue weighted by Crippen LogP contribution is -2.49. The summed E-state index contributed by atoms with van der Waals surface area (Å²) < 4.78 is 43.2. The van der Waals surface area contributed by atoms with Crippen LogP contribution >= 0.6 is 0 Å². The van der Waals surface area contributed by atoms with Crippen LogP contribution in [0.5, 0.6) is 5.75 Å². The number of amides is 2. The smallest absolute Gasteiger partial charge is 0.270 e. The van der Waals surface area contributed by atoms with E-state index < -0.39 is 11.6 Å². The van der Waals surface area contributed by atoms with Crippen LogP contribution in [0.2, 0.25) is 0 Å². The molecule has 1 aliphatic carbocycles. The van der Waals surface area contributed by atoms with Gasteiger partial charge in [0.1, 0.15) is 11.5 Å². The molecule has 6 heterocycles. The molecule has 3 aromatic heterocycles. The van der Waals surface area contributed by atoms with E-state index in [1.807, 2.05) is 17.0 Å². The molecule has 1 atom stereocenters. The summed E-state index contributed by atoms with van der Waals surface area (Å²) in [6.45, 7) is 6.37. The fourth-order valence-electron chi connectivity index (χ4n) is 8.18. The van der Waals surface area contributed by atoms with Gasteiger partial charge in [-0.3, -0.25) is 19.2 Å². The van der Waals surface area contributed by atoms with Crippen LogP contribution in [0.15, 0.2) is 48.9 Å². The van der Waals surface area contributed by atoms with Gasteiger partial charge >= 0.3 is 0 Å². The van der Waals surface area contributed by atoms with Crippen molar-refractivity contribution in [3.8, 4) is 5.75 Å². The van der Waals surface area contributed by atoms with E-state index in [0.717, 1.165) is 68.5 Å². The Hall–Kier alpha value is -5.15. The van der Waals surface area contributed by atoms with Crippen molar-refractivity contribution in [2.24, 2.45) is 0 Å². The fourth-order valence-corrected chi connectivity index (χ4v) is 8.18. The molecule has 54 heavy (non-hydrogen) atoms. The zero-order valence-corrected chi connectivity index (χ0v) is 30.5. The van der Waals surface area contributed by atoms with Crippen LogP contribution in [-0.2, 0) is 16.1 Å². The van der Waals surface area contributed by atoms with E-state index >= 15 is 4.39 Å². The van der Waals surface area contributed by atoms with Crippen molar-refractivity contribution in [2.75, 3.05) is 77.6 Å². The number of halogens is 2. The van der Waals surface area contributed by atoms with Gasteiger partial charge in [0.05, 0.1) is 44.8 Å². The Labute approximate surface area is 312 Å². The molecule has 4 aromatic rings. The van der Waals surface area contributed by atoms with Gasteiger partial charge in [-0.1, -0.05) is 17.4 Å². The molecule has 284 valence electrons. The van der Waals surface area contributed by atoms with E-state index in [0.29, 0.717) is 86.5 Å². The summed E-state index contributed by atoms with van der Waals surface area (Å²) >= 11 is 0. The number of morpholine rings is 1. The van der Waals surface area contributed by atoms with Crippen molar-refractivity contribution in [3.63, 3.8) is 0 Å². The Morgan fingerprint density at radius 3 is 2.56 bits per heavy atom. The summed E-state index contributed by atoms with van der Waals surface area (Å²) in [5, 5.41) is 8.45. The van der Waals surface area contributed by atoms with Crippen molar-refractivity contribution < 1.29 is 27.8 Å². The van der Waals surface area contributed by atoms with Crippen LogP contribution in [0.1, 0.15) is 53.7 Å². The number of allylic oxidation sites excluding steroid dienone is 1. The van der Waals surface area contributed by atoms with Gasteiger partial charge in [-0.05, 0) is 54.5 Å². The zero-order valence-electron chi connectivity index (χ0n) is 30.5. The highest BCUT2D eigenvalue weighted by Crippen LogP contribution is 2.39. The number of aromatic amines is 1. The van der Waals surface area contributed by atoms with Crippen LogP contribution in [0.25, 0.3) is 22.0 Å². The third-order valence-corrected chi connectivity index (χ3v) is 11.1. The predicted molar refractivity (Wildman–Crippen MR) is 199 cm³/mol. The lowest BCUT2D eigenvalue weighted by molar-refractivity contribution is -0.131. The van der Waals surface area contributed by atoms with Gasteiger partial charge < -0.3 is 29.2 Å². The number of aromatic nitrogens is 5. The summed E-state index contributed by atoms with van der Waals surface area (Å²) in [7, 11) is 1.48. The SMILES string of the molecule is COc1cc(F)cnc1N1CCN(C(=O)c2cc3c(C4=CCC(N5CCOCC5)CC4)cc(C4=CCCN(C(=O)CCn5ccnn5)C4)c(F)c3[nH]2)CC1. The second-order valence-corrected chi connectivity index (χ2v) is 14.3. The number of methoxy groups -OCH3 is 1. The van der Waals surface area contributed by atoms with Crippen LogP contribution < -0.4 is 9.64 Å². The Bertz CT molecular complexity index is 2070. The number of carbonyl (C=O) groups excluding carboxylic acids is 2. The summed E-state index contributed by atoms with van der Waals surface area (Å²) in [4.78, 5) is 42.7. The lowest BCUT2D eigenvalue weighted by Gasteiger charge is -2.36. The molecule has 0 spiro atoms. The molecule has 2 amide bonds. The molecule has 0 radical (unpaired) electrons. The number of pyridine rings is 1. The molecule has 1 N–H and O–H groups in total. The molecule has 15 heteroatoms. The quantitative estimate of drug-likeness (QED) is 0.266. The number of nitrogens with one attached hydrogen (secondary N) is 1. The molecular weight excluding hydrogens is 696 g/mol. The number of hydrogen-bond acceptors (Lipinski definition) is 9. The summed E-state index contributed by atoms with van der Waals surface area (Å²) in [6.07, 6.45) is 12.3. The average Bonchev–Trinajstić information content (AvgIpc) is 3.92. The van der Waals surface area contributed by atoms with E-state index in [1.165, 1.54) is 13.2 Å². The van der Waals surface area contributed by atoms with Crippen LogP contribution in [0.3, 0.4) is 0 Å². The summed E-state index contributed by atoms with van der Waals surface area (Å²) in [6, 6.07) is 5.45. The van der Waals surface area contributed by atoms with Gasteiger partial charge in [0.2, 0.25) is 5.91 Å². The molecular formula is C39H45F2N9O4. The van der Waals surface area contributed by atoms with E-state index in [-0.39, 0.29) is 23.8 Å². The maximum atomic E-state index is 16.8. The number of benzene rings is 1. The first-order chi connectivity index (χ1) is 26.4. The highest BCUT2D eigenvalue weighted by molar-refractivity contribution is 6.03. The molecule has 1 aromatic carbocycles. The first-order valence-electron chi connectivity index (χ1n) is 18.8. The number of carbonyl (C=O) groups is 2. The number of hydrogen-bond donors (Lipinski definition) is 1. The molecule has 2 fully saturated rings. The van der Waals surface area contributed by atoms with Crippen LogP contribution in [-0.4, -0.2) is 130 Å². The normalized spacial score (nSPS) is 19.9. The zero-order chi connectivity index (χ0) is 37.2. The molecule has 3 aliphatic heterocycles. The number of ether oxygens (including phenoxy) is 2. The van der Waals surface area contributed by atoms with Crippen molar-refractivity contribution in [1.82, 2.24) is 39.7 Å². The molecule has 13 nitrogen and oxygen atoms in total. The number of nitrogens with zero attached hydrogens (tertiary/aromatic N) is 8. The van der Waals surface area contributed by atoms with Gasteiger partial charge in [-0.15, -0.1) is 5.10 Å². The molecule has 0 saturated carbocycles. The molecule has 8 rings (SSSR count). The van der Waals surface area contributed by atoms with Crippen molar-refractivity contribution >= 4 is 39.7 Å². The first-order valence-corrected chi connectivity index (χ1v) is 18.8. The second-order valence-electron chi connectivity index (χ2n) is 14.3. The lowest BCUT2D eigenvalue weighted by atomic mass is 9.86. The molecule has 0 bridgehead atoms. The van der Waals surface area contributed by atoms with Crippen molar-refractivity contribution in [1.29, 1.82) is 0 Å². The van der Waals surface area contributed by atoms with E-state index in [9.17, 15) is 14.0 Å². The fraction of sp³-hybridized carbons (Fsp3) is 0.462. The van der Waals surface area contributed by atoms with Crippen LogP contribution in [0.4, 0.5) is 14.6 Å². The Balaban J connectivity index is 1.07. The summed E-state index contributed by atoms with van der Waals surface area (Å²) in [5.74, 6) is -0.294. The van der Waals surface area contributed by atoms with Crippen LogP contribution in [0, 0.1) is 11.6 Å². The minimum absolute atomic E-state index is 0.0246. The second kappa shape index (κ2) is 15.7. The number of piperazine rings is 1. The first kappa shape index (κ1) is 35.9. The Morgan fingerprint density at radius 1 is 0.981 bits per heavy atom. The van der Waals surface area contributed by atoms with E-state index in [2.05, 4.69) is 31.3 Å². The topological polar surface area (TPSA) is 125 Å². The van der Waals surface area contributed by atoms with Gasteiger partial charge in [-0.2, -0.15) is 0 Å². The third-order valence-electron chi connectivity index (χ3n) is 11.1. The van der Waals surface area contributed by atoms with Crippen molar-refractivity contribution in [2.45, 2.75) is 44.7 Å². The number of anilines is 1. The standard InChI is InChI=1S/C39H45F2N9O4/c1-53-34-21-28(40)24-42-38(34)47-13-15-48(16-14-47)39(52)33-23-32-30(26-4-6-29(7-5-26)46-17-19-54-20-18-46)22-31(36(41)37(32)44-33)27-3-2-10-49(25-27)35(51)8-11-50-12-9-43-45-50/h3-4,9,12,21-24,29,44H,2,5-8,10-11,13-20,25H2,1H3. The number of fused-ring (bicyclic) bond motifs is 1. The largest absolute Gasteiger partial charge is 0.493 e. The minimum Gasteiger partial charge on any atom is -0.493 e. The van der Waals surface area contributed by atoms with E-state index in [4.69, 9.17) is 9.47 Å². The van der Waals surface area contributed by atoms with Gasteiger partial charge in [0.15, 0.2) is 17.4 Å². The van der Waals surface area contributed by atoms with E-state index in [1.54, 1.807) is 32.9 Å². The number of aryl methyl sites for hydroxylation is 1. The molecule has 1 unspecified atom stereocenters. The maximum absolute atomic E-state index is 16.8. The molecule has 4 aliphatic rings. The highest BCUT2D eigenvalue weighted by atomic mass is 19.1. The number of rotatable bonds is 9. The molecule has 2 saturated heterocycles. The van der Waals surface area contributed by atoms with Gasteiger partial charge in [0, 0.05) is 88.0 Å². The predicted octanol–water partition coefficient (Wildman–Crippen LogP) is 4.38. The third kappa shape index (κ3) is 7.34. The maximum Gasteiger partial charge on any atom is 0.270 e.